The van der Waals surface area contributed by atoms with Crippen molar-refractivity contribution in [3.63, 3.8) is 0 Å². The van der Waals surface area contributed by atoms with Gasteiger partial charge in [-0.2, -0.15) is 0 Å². The summed E-state index contributed by atoms with van der Waals surface area (Å²) in [4.78, 5) is 4.14. The van der Waals surface area contributed by atoms with Crippen molar-refractivity contribution < 1.29 is 0 Å². The first-order chi connectivity index (χ1) is 6.40. The Kier molecular flexibility index (Phi) is 2.78. The molecule has 68 valence electrons. The Morgan fingerprint density at radius 3 is 2.85 bits per heavy atom. The fraction of sp³-hybridized carbons (Fsp3) is 0.200. The molecule has 0 aliphatic carbocycles. The lowest BCUT2D eigenvalue weighted by Gasteiger charge is -1.92. The molecule has 1 N–H and O–H groups in total. The van der Waals surface area contributed by atoms with Crippen molar-refractivity contribution in [2.45, 2.75) is 6.54 Å². The smallest absolute Gasteiger partial charge is 0.0445 e. The quantitative estimate of drug-likeness (QED) is 0.818. The minimum atomic E-state index is 0.968. The summed E-state index contributed by atoms with van der Waals surface area (Å²) in [7, 11) is 1.98. The van der Waals surface area contributed by atoms with Gasteiger partial charge in [-0.3, -0.25) is 0 Å². The zero-order chi connectivity index (χ0) is 9.10. The zero-order valence-electron chi connectivity index (χ0n) is 7.41. The van der Waals surface area contributed by atoms with Gasteiger partial charge in [-0.15, -0.1) is 22.7 Å². The molecular weight excluding hydrogens is 198 g/mol. The summed E-state index contributed by atoms with van der Waals surface area (Å²) in [5, 5.41) is 5.27. The van der Waals surface area contributed by atoms with Gasteiger partial charge in [0.25, 0.3) is 0 Å². The van der Waals surface area contributed by atoms with Gasteiger partial charge in [0.15, 0.2) is 0 Å². The monoisotopic (exact) mass is 209 g/mol. The second-order valence-electron chi connectivity index (χ2n) is 2.77. The average molecular weight is 209 g/mol. The van der Waals surface area contributed by atoms with Crippen LogP contribution in [0.1, 0.15) is 4.88 Å². The molecule has 0 aromatic carbocycles. The van der Waals surface area contributed by atoms with Crippen LogP contribution in [-0.4, -0.2) is 7.05 Å². The Hall–Kier alpha value is -0.640. The Bertz CT molecular complexity index is 362. The highest BCUT2D eigenvalue weighted by molar-refractivity contribution is 7.21. The summed E-state index contributed by atoms with van der Waals surface area (Å²) in [5.41, 5.74) is 0. The van der Waals surface area contributed by atoms with Crippen molar-refractivity contribution in [3.8, 4) is 9.75 Å². The minimum Gasteiger partial charge on any atom is -0.315 e. The molecular formula is C10H11NS2. The second kappa shape index (κ2) is 4.05. The number of thiophene rings is 2. The van der Waals surface area contributed by atoms with Crippen molar-refractivity contribution in [2.75, 3.05) is 7.05 Å². The Morgan fingerprint density at radius 2 is 2.15 bits per heavy atom. The highest BCUT2D eigenvalue weighted by Gasteiger charge is 2.02. The van der Waals surface area contributed by atoms with E-state index < -0.39 is 0 Å². The van der Waals surface area contributed by atoms with Gasteiger partial charge in [0.05, 0.1) is 0 Å². The van der Waals surface area contributed by atoms with E-state index in [0.29, 0.717) is 0 Å². The summed E-state index contributed by atoms with van der Waals surface area (Å²) in [6, 6.07) is 8.65. The lowest BCUT2D eigenvalue weighted by molar-refractivity contribution is 0.831. The van der Waals surface area contributed by atoms with E-state index >= 15 is 0 Å². The molecule has 0 aliphatic heterocycles. The van der Waals surface area contributed by atoms with E-state index in [9.17, 15) is 0 Å². The molecule has 0 unspecified atom stereocenters. The molecule has 2 heterocycles. The number of hydrogen-bond acceptors (Lipinski definition) is 3. The first kappa shape index (κ1) is 8.94. The van der Waals surface area contributed by atoms with Gasteiger partial charge in [-0.1, -0.05) is 6.07 Å². The van der Waals surface area contributed by atoms with Crippen LogP contribution in [0.3, 0.4) is 0 Å². The number of nitrogens with one attached hydrogen (secondary N) is 1. The van der Waals surface area contributed by atoms with Crippen LogP contribution in [0.25, 0.3) is 9.75 Å². The van der Waals surface area contributed by atoms with Crippen LogP contribution in [0.2, 0.25) is 0 Å². The molecule has 0 saturated heterocycles. The van der Waals surface area contributed by atoms with Crippen LogP contribution in [0.5, 0.6) is 0 Å². The van der Waals surface area contributed by atoms with Gasteiger partial charge in [-0.05, 0) is 30.6 Å². The molecule has 0 bridgehead atoms. The van der Waals surface area contributed by atoms with Gasteiger partial charge in [0.1, 0.15) is 0 Å². The molecule has 0 fully saturated rings. The summed E-state index contributed by atoms with van der Waals surface area (Å²) >= 11 is 3.66. The fourth-order valence-corrected chi connectivity index (χ4v) is 3.05. The molecule has 0 saturated carbocycles. The first-order valence-electron chi connectivity index (χ1n) is 4.17. The molecule has 0 spiro atoms. The molecule has 13 heavy (non-hydrogen) atoms. The van der Waals surface area contributed by atoms with E-state index in [0.717, 1.165) is 6.54 Å². The van der Waals surface area contributed by atoms with E-state index in [1.807, 2.05) is 18.4 Å². The molecule has 2 aromatic rings. The number of rotatable bonds is 3. The van der Waals surface area contributed by atoms with Gasteiger partial charge >= 0.3 is 0 Å². The molecule has 3 heteroatoms. The average Bonchev–Trinajstić information content (AvgIpc) is 2.70. The second-order valence-corrected chi connectivity index (χ2v) is 4.89. The topological polar surface area (TPSA) is 12.0 Å². The third kappa shape index (κ3) is 1.99. The van der Waals surface area contributed by atoms with E-state index in [-0.39, 0.29) is 0 Å². The van der Waals surface area contributed by atoms with Gasteiger partial charge in [-0.25, -0.2) is 0 Å². The summed E-state index contributed by atoms with van der Waals surface area (Å²) < 4.78 is 0. The maximum absolute atomic E-state index is 3.16. The Labute approximate surface area is 86.0 Å². The van der Waals surface area contributed by atoms with Gasteiger partial charge in [0.2, 0.25) is 0 Å². The predicted octanol–water partition coefficient (Wildman–Crippen LogP) is 3.20. The zero-order valence-corrected chi connectivity index (χ0v) is 9.04. The third-order valence-corrected chi connectivity index (χ3v) is 3.93. The van der Waals surface area contributed by atoms with E-state index in [4.69, 9.17) is 0 Å². The predicted molar refractivity (Wildman–Crippen MR) is 60.4 cm³/mol. The molecule has 2 rings (SSSR count). The summed E-state index contributed by atoms with van der Waals surface area (Å²) in [6.07, 6.45) is 0. The van der Waals surface area contributed by atoms with Crippen molar-refractivity contribution >= 4 is 22.7 Å². The van der Waals surface area contributed by atoms with Crippen LogP contribution in [-0.2, 0) is 6.54 Å². The molecule has 0 radical (unpaired) electrons. The van der Waals surface area contributed by atoms with E-state index in [2.05, 4.69) is 35.0 Å². The van der Waals surface area contributed by atoms with Crippen LogP contribution in [0, 0.1) is 0 Å². The summed E-state index contributed by atoms with van der Waals surface area (Å²) in [6.45, 7) is 0.968. The van der Waals surface area contributed by atoms with Gasteiger partial charge in [0, 0.05) is 21.2 Å². The largest absolute Gasteiger partial charge is 0.315 e. The lowest BCUT2D eigenvalue weighted by atomic mass is 10.4. The fourth-order valence-electron chi connectivity index (χ4n) is 1.20. The van der Waals surface area contributed by atoms with Gasteiger partial charge < -0.3 is 5.32 Å². The Morgan fingerprint density at radius 1 is 1.23 bits per heavy atom. The molecule has 0 amide bonds. The number of hydrogen-bond donors (Lipinski definition) is 1. The lowest BCUT2D eigenvalue weighted by Crippen LogP contribution is -2.02. The van der Waals surface area contributed by atoms with Crippen LogP contribution < -0.4 is 5.32 Å². The molecule has 0 aliphatic rings. The third-order valence-electron chi connectivity index (χ3n) is 1.78. The van der Waals surface area contributed by atoms with Crippen molar-refractivity contribution in [3.05, 3.63) is 34.5 Å². The highest BCUT2D eigenvalue weighted by Crippen LogP contribution is 2.31. The SMILES string of the molecule is CNCc1ccc(-c2cccs2)s1. The van der Waals surface area contributed by atoms with E-state index in [1.165, 1.54) is 14.6 Å². The highest BCUT2D eigenvalue weighted by atomic mass is 32.1. The normalized spacial score (nSPS) is 10.5. The summed E-state index contributed by atoms with van der Waals surface area (Å²) in [5.74, 6) is 0. The maximum atomic E-state index is 3.16. The first-order valence-corrected chi connectivity index (χ1v) is 5.87. The van der Waals surface area contributed by atoms with Crippen LogP contribution in [0.15, 0.2) is 29.6 Å². The Balaban J connectivity index is 2.23. The standard InChI is InChI=1S/C10H11NS2/c1-11-7-8-4-5-10(13-8)9-3-2-6-12-9/h2-6,11H,7H2,1H3. The van der Waals surface area contributed by atoms with Crippen molar-refractivity contribution in [2.24, 2.45) is 0 Å². The molecule has 0 atom stereocenters. The maximum Gasteiger partial charge on any atom is 0.0445 e. The molecule has 1 nitrogen and oxygen atoms in total. The van der Waals surface area contributed by atoms with Crippen molar-refractivity contribution in [1.82, 2.24) is 5.32 Å². The minimum absolute atomic E-state index is 0.968. The molecule has 2 aromatic heterocycles. The van der Waals surface area contributed by atoms with Crippen LogP contribution >= 0.6 is 22.7 Å². The van der Waals surface area contributed by atoms with E-state index in [1.54, 1.807) is 11.3 Å². The van der Waals surface area contributed by atoms with Crippen LogP contribution in [0.4, 0.5) is 0 Å². The van der Waals surface area contributed by atoms with Crippen molar-refractivity contribution in [1.29, 1.82) is 0 Å².